The first kappa shape index (κ1) is 14.7. The minimum Gasteiger partial charge on any atom is -0.497 e. The summed E-state index contributed by atoms with van der Waals surface area (Å²) in [5.74, 6) is 0.276. The second-order valence-electron chi connectivity index (χ2n) is 3.82. The van der Waals surface area contributed by atoms with Crippen LogP contribution < -0.4 is 10.1 Å². The summed E-state index contributed by atoms with van der Waals surface area (Å²) in [6.45, 7) is 6.09. The van der Waals surface area contributed by atoms with Gasteiger partial charge in [0.15, 0.2) is 0 Å². The molecule has 0 spiro atoms. The number of rotatable bonds is 9. The lowest BCUT2D eigenvalue weighted by molar-refractivity contribution is 0.140. The first-order chi connectivity index (χ1) is 8.77. The Kier molecular flexibility index (Phi) is 7.06. The molecule has 0 aliphatic heterocycles. The summed E-state index contributed by atoms with van der Waals surface area (Å²) in [5, 5.41) is 3.13. The summed E-state index contributed by atoms with van der Waals surface area (Å²) < 4.78 is 23.8. The molecule has 0 radical (unpaired) electrons. The van der Waals surface area contributed by atoms with E-state index in [0.29, 0.717) is 37.6 Å². The molecule has 0 aliphatic carbocycles. The lowest BCUT2D eigenvalue weighted by Gasteiger charge is -2.07. The van der Waals surface area contributed by atoms with Crippen molar-refractivity contribution >= 4 is 0 Å². The Morgan fingerprint density at radius 2 is 2.22 bits per heavy atom. The third kappa shape index (κ3) is 5.29. The Morgan fingerprint density at radius 1 is 1.39 bits per heavy atom. The van der Waals surface area contributed by atoms with Gasteiger partial charge in [-0.15, -0.1) is 6.58 Å². The zero-order valence-corrected chi connectivity index (χ0v) is 10.7. The Balaban J connectivity index is 2.21. The summed E-state index contributed by atoms with van der Waals surface area (Å²) in [4.78, 5) is 0. The standard InChI is InChI=1S/C14H20FNO2/c1-3-4-8-18-9-7-16-11-12-5-6-13(17-2)10-14(12)15/h3,5-6,10,16H,1,4,7-9,11H2,2H3. The fourth-order valence-corrected chi connectivity index (χ4v) is 1.43. The molecule has 1 aromatic rings. The summed E-state index contributed by atoms with van der Waals surface area (Å²) in [7, 11) is 1.52. The molecule has 0 fully saturated rings. The van der Waals surface area contributed by atoms with Crippen LogP contribution in [0.3, 0.4) is 0 Å². The number of methoxy groups -OCH3 is 1. The average molecular weight is 253 g/mol. The van der Waals surface area contributed by atoms with Crippen LogP contribution >= 0.6 is 0 Å². The van der Waals surface area contributed by atoms with Gasteiger partial charge in [-0.1, -0.05) is 12.1 Å². The number of halogens is 1. The molecule has 1 rings (SSSR count). The minimum absolute atomic E-state index is 0.255. The van der Waals surface area contributed by atoms with Gasteiger partial charge in [0.2, 0.25) is 0 Å². The van der Waals surface area contributed by atoms with E-state index in [9.17, 15) is 4.39 Å². The zero-order valence-electron chi connectivity index (χ0n) is 10.7. The van der Waals surface area contributed by atoms with Gasteiger partial charge in [0.05, 0.1) is 20.3 Å². The van der Waals surface area contributed by atoms with E-state index in [1.54, 1.807) is 12.1 Å². The van der Waals surface area contributed by atoms with Gasteiger partial charge in [-0.3, -0.25) is 0 Å². The molecule has 0 amide bonds. The Hall–Kier alpha value is -1.39. The predicted octanol–water partition coefficient (Wildman–Crippen LogP) is 2.52. The van der Waals surface area contributed by atoms with Gasteiger partial charge in [0.1, 0.15) is 11.6 Å². The molecule has 0 heterocycles. The van der Waals surface area contributed by atoms with Crippen molar-refractivity contribution in [2.24, 2.45) is 0 Å². The maximum Gasteiger partial charge on any atom is 0.131 e. The predicted molar refractivity (Wildman–Crippen MR) is 70.3 cm³/mol. The molecule has 4 heteroatoms. The van der Waals surface area contributed by atoms with Gasteiger partial charge in [-0.2, -0.15) is 0 Å². The van der Waals surface area contributed by atoms with E-state index in [1.807, 2.05) is 6.08 Å². The van der Waals surface area contributed by atoms with E-state index in [1.165, 1.54) is 13.2 Å². The number of hydrogen-bond acceptors (Lipinski definition) is 3. The van der Waals surface area contributed by atoms with Crippen molar-refractivity contribution in [2.75, 3.05) is 26.9 Å². The van der Waals surface area contributed by atoms with E-state index in [0.717, 1.165) is 6.42 Å². The molecule has 0 saturated carbocycles. The lowest BCUT2D eigenvalue weighted by atomic mass is 10.2. The van der Waals surface area contributed by atoms with E-state index >= 15 is 0 Å². The fraction of sp³-hybridized carbons (Fsp3) is 0.429. The fourth-order valence-electron chi connectivity index (χ4n) is 1.43. The largest absolute Gasteiger partial charge is 0.497 e. The maximum absolute atomic E-state index is 13.6. The highest BCUT2D eigenvalue weighted by atomic mass is 19.1. The van der Waals surface area contributed by atoms with Crippen molar-refractivity contribution in [3.05, 3.63) is 42.2 Å². The molecular formula is C14H20FNO2. The van der Waals surface area contributed by atoms with E-state index in [2.05, 4.69) is 11.9 Å². The molecule has 1 aromatic carbocycles. The first-order valence-corrected chi connectivity index (χ1v) is 5.99. The molecule has 0 saturated heterocycles. The second kappa shape index (κ2) is 8.66. The van der Waals surface area contributed by atoms with Crippen molar-refractivity contribution in [3.8, 4) is 5.75 Å². The highest BCUT2D eigenvalue weighted by molar-refractivity contribution is 5.28. The Labute approximate surface area is 108 Å². The average Bonchev–Trinajstić information content (AvgIpc) is 2.39. The van der Waals surface area contributed by atoms with Gasteiger partial charge in [0.25, 0.3) is 0 Å². The van der Waals surface area contributed by atoms with Crippen LogP contribution in [0.4, 0.5) is 4.39 Å². The zero-order chi connectivity index (χ0) is 13.2. The topological polar surface area (TPSA) is 30.5 Å². The molecule has 1 N–H and O–H groups in total. The van der Waals surface area contributed by atoms with Crippen molar-refractivity contribution in [1.82, 2.24) is 5.32 Å². The molecule has 0 atom stereocenters. The third-order valence-corrected chi connectivity index (χ3v) is 2.47. The van der Waals surface area contributed by atoms with Crippen LogP contribution in [0.25, 0.3) is 0 Å². The first-order valence-electron chi connectivity index (χ1n) is 5.99. The molecule has 0 aromatic heterocycles. The summed E-state index contributed by atoms with van der Waals surface area (Å²) in [6.07, 6.45) is 2.67. The molecule has 3 nitrogen and oxygen atoms in total. The molecule has 18 heavy (non-hydrogen) atoms. The second-order valence-corrected chi connectivity index (χ2v) is 3.82. The third-order valence-electron chi connectivity index (χ3n) is 2.47. The quantitative estimate of drug-likeness (QED) is 0.542. The summed E-state index contributed by atoms with van der Waals surface area (Å²) >= 11 is 0. The van der Waals surface area contributed by atoms with Crippen molar-refractivity contribution in [2.45, 2.75) is 13.0 Å². The highest BCUT2D eigenvalue weighted by Gasteiger charge is 2.03. The van der Waals surface area contributed by atoms with Crippen LogP contribution in [0, 0.1) is 5.82 Å². The van der Waals surface area contributed by atoms with Crippen molar-refractivity contribution in [1.29, 1.82) is 0 Å². The molecule has 100 valence electrons. The number of nitrogens with one attached hydrogen (secondary N) is 1. The van der Waals surface area contributed by atoms with Gasteiger partial charge < -0.3 is 14.8 Å². The number of ether oxygens (including phenoxy) is 2. The van der Waals surface area contributed by atoms with Crippen molar-refractivity contribution in [3.63, 3.8) is 0 Å². The van der Waals surface area contributed by atoms with Crippen LogP contribution in [-0.2, 0) is 11.3 Å². The summed E-state index contributed by atoms with van der Waals surface area (Å²) in [6, 6.07) is 4.86. The van der Waals surface area contributed by atoms with E-state index < -0.39 is 0 Å². The van der Waals surface area contributed by atoms with Gasteiger partial charge in [-0.05, 0) is 12.5 Å². The molecular weight excluding hydrogens is 233 g/mol. The van der Waals surface area contributed by atoms with Crippen LogP contribution in [0.15, 0.2) is 30.9 Å². The summed E-state index contributed by atoms with van der Waals surface area (Å²) in [5.41, 5.74) is 0.627. The normalized spacial score (nSPS) is 10.3. The molecule has 0 bridgehead atoms. The van der Waals surface area contributed by atoms with Gasteiger partial charge >= 0.3 is 0 Å². The monoisotopic (exact) mass is 253 g/mol. The van der Waals surface area contributed by atoms with E-state index in [4.69, 9.17) is 9.47 Å². The lowest BCUT2D eigenvalue weighted by Crippen LogP contribution is -2.20. The van der Waals surface area contributed by atoms with Gasteiger partial charge in [0, 0.05) is 24.7 Å². The van der Waals surface area contributed by atoms with Crippen LogP contribution in [-0.4, -0.2) is 26.9 Å². The highest BCUT2D eigenvalue weighted by Crippen LogP contribution is 2.15. The minimum atomic E-state index is -0.255. The number of hydrogen-bond donors (Lipinski definition) is 1. The van der Waals surface area contributed by atoms with E-state index in [-0.39, 0.29) is 5.82 Å². The SMILES string of the molecule is C=CCCOCCNCc1ccc(OC)cc1F. The van der Waals surface area contributed by atoms with Crippen molar-refractivity contribution < 1.29 is 13.9 Å². The van der Waals surface area contributed by atoms with Crippen LogP contribution in [0.1, 0.15) is 12.0 Å². The van der Waals surface area contributed by atoms with Crippen LogP contribution in [0.5, 0.6) is 5.75 Å². The Bertz CT molecular complexity index is 369. The smallest absolute Gasteiger partial charge is 0.131 e. The Morgan fingerprint density at radius 3 is 2.89 bits per heavy atom. The number of benzene rings is 1. The maximum atomic E-state index is 13.6. The molecule has 0 unspecified atom stereocenters. The molecule has 0 aliphatic rings. The van der Waals surface area contributed by atoms with Crippen LogP contribution in [0.2, 0.25) is 0 Å². The van der Waals surface area contributed by atoms with Gasteiger partial charge in [-0.25, -0.2) is 4.39 Å².